The smallest absolute Gasteiger partial charge is 0.170 e. The van der Waals surface area contributed by atoms with E-state index in [0.29, 0.717) is 6.04 Å². The van der Waals surface area contributed by atoms with Gasteiger partial charge in [0, 0.05) is 22.2 Å². The highest BCUT2D eigenvalue weighted by Crippen LogP contribution is 2.44. The molecule has 2 aliphatic rings. The van der Waals surface area contributed by atoms with Gasteiger partial charge in [0.25, 0.3) is 0 Å². The standard InChI is InChI=1S/C23H22ClN3OS2/c24-15-8-10-17(11-9-15)30-20-13-12-19(28-20)22-21(18-7-3-4-14-25-18)26-23(29)27(22)16-5-1-2-6-16/h3-4,7-14,16,21-22H,1-2,5-6H2,(H,26,29). The molecule has 3 aromatic rings. The Morgan fingerprint density at radius 3 is 2.60 bits per heavy atom. The molecule has 5 rings (SSSR count). The van der Waals surface area contributed by atoms with Gasteiger partial charge in [-0.15, -0.1) is 0 Å². The van der Waals surface area contributed by atoms with Gasteiger partial charge in [-0.1, -0.05) is 42.3 Å². The number of furan rings is 1. The van der Waals surface area contributed by atoms with E-state index in [2.05, 4.69) is 27.3 Å². The van der Waals surface area contributed by atoms with Gasteiger partial charge in [-0.05, 0) is 73.6 Å². The predicted molar refractivity (Wildman–Crippen MR) is 124 cm³/mol. The fourth-order valence-corrected chi connectivity index (χ4v) is 5.71. The summed E-state index contributed by atoms with van der Waals surface area (Å²) in [4.78, 5) is 8.06. The van der Waals surface area contributed by atoms with E-state index in [0.717, 1.165) is 31.6 Å². The molecule has 2 aromatic heterocycles. The zero-order valence-corrected chi connectivity index (χ0v) is 18.7. The van der Waals surface area contributed by atoms with E-state index in [1.165, 1.54) is 25.7 Å². The van der Waals surface area contributed by atoms with E-state index in [1.54, 1.807) is 11.8 Å². The number of aromatic nitrogens is 1. The number of pyridine rings is 1. The molecule has 0 amide bonds. The van der Waals surface area contributed by atoms with Gasteiger partial charge in [-0.2, -0.15) is 0 Å². The fourth-order valence-electron chi connectivity index (χ4n) is 4.41. The first-order chi connectivity index (χ1) is 14.7. The van der Waals surface area contributed by atoms with Crippen molar-refractivity contribution >= 4 is 40.7 Å². The Morgan fingerprint density at radius 1 is 1.07 bits per heavy atom. The molecule has 7 heteroatoms. The van der Waals surface area contributed by atoms with Gasteiger partial charge < -0.3 is 14.6 Å². The van der Waals surface area contributed by atoms with E-state index >= 15 is 0 Å². The maximum atomic E-state index is 6.35. The average molecular weight is 456 g/mol. The van der Waals surface area contributed by atoms with Crippen molar-refractivity contribution < 1.29 is 4.42 Å². The minimum Gasteiger partial charge on any atom is -0.452 e. The minimum absolute atomic E-state index is 0.00457. The summed E-state index contributed by atoms with van der Waals surface area (Å²) < 4.78 is 6.35. The number of benzene rings is 1. The van der Waals surface area contributed by atoms with E-state index in [1.807, 2.05) is 48.7 Å². The molecule has 30 heavy (non-hydrogen) atoms. The van der Waals surface area contributed by atoms with Crippen LogP contribution < -0.4 is 5.32 Å². The molecule has 0 radical (unpaired) electrons. The van der Waals surface area contributed by atoms with Crippen LogP contribution >= 0.6 is 35.6 Å². The second-order valence-electron chi connectivity index (χ2n) is 7.68. The van der Waals surface area contributed by atoms with Crippen molar-refractivity contribution in [3.63, 3.8) is 0 Å². The van der Waals surface area contributed by atoms with Crippen LogP contribution in [0.1, 0.15) is 49.2 Å². The first kappa shape index (κ1) is 19.9. The number of halogens is 1. The maximum Gasteiger partial charge on any atom is 0.170 e. The summed E-state index contributed by atoms with van der Waals surface area (Å²) in [5.74, 6) is 0.918. The summed E-state index contributed by atoms with van der Waals surface area (Å²) in [6.07, 6.45) is 6.67. The van der Waals surface area contributed by atoms with Crippen LogP contribution in [0.3, 0.4) is 0 Å². The first-order valence-electron chi connectivity index (χ1n) is 10.2. The molecule has 1 saturated heterocycles. The molecule has 1 aromatic carbocycles. The summed E-state index contributed by atoms with van der Waals surface area (Å²) in [5, 5.41) is 5.91. The largest absolute Gasteiger partial charge is 0.452 e. The molecule has 2 unspecified atom stereocenters. The first-order valence-corrected chi connectivity index (χ1v) is 11.8. The van der Waals surface area contributed by atoms with Crippen LogP contribution in [0.15, 0.2) is 75.2 Å². The van der Waals surface area contributed by atoms with Crippen molar-refractivity contribution in [1.82, 2.24) is 15.2 Å². The summed E-state index contributed by atoms with van der Waals surface area (Å²) in [5.41, 5.74) is 0.980. The maximum absolute atomic E-state index is 6.35. The molecular weight excluding hydrogens is 434 g/mol. The van der Waals surface area contributed by atoms with Gasteiger partial charge >= 0.3 is 0 Å². The van der Waals surface area contributed by atoms with E-state index in [9.17, 15) is 0 Å². The lowest BCUT2D eigenvalue weighted by Gasteiger charge is -2.31. The average Bonchev–Trinajstić information content (AvgIpc) is 3.50. The SMILES string of the molecule is S=C1NC(c2ccccn2)C(c2ccc(Sc3ccc(Cl)cc3)o2)N1C1CCCC1. The third-order valence-corrected chi connectivity index (χ3v) is 7.29. The van der Waals surface area contributed by atoms with Crippen LogP contribution in [-0.2, 0) is 0 Å². The molecule has 0 bridgehead atoms. The highest BCUT2D eigenvalue weighted by molar-refractivity contribution is 7.99. The summed E-state index contributed by atoms with van der Waals surface area (Å²) in [6, 6.07) is 18.3. The highest BCUT2D eigenvalue weighted by Gasteiger charge is 2.45. The van der Waals surface area contributed by atoms with Gasteiger partial charge in [-0.3, -0.25) is 4.98 Å². The Labute approximate surface area is 191 Å². The summed E-state index contributed by atoms with van der Waals surface area (Å²) in [6.45, 7) is 0. The molecule has 154 valence electrons. The van der Waals surface area contributed by atoms with Crippen molar-refractivity contribution in [2.24, 2.45) is 0 Å². The lowest BCUT2D eigenvalue weighted by atomic mass is 10.0. The zero-order chi connectivity index (χ0) is 20.5. The third-order valence-electron chi connectivity index (χ3n) is 5.78. The monoisotopic (exact) mass is 455 g/mol. The number of hydrogen-bond acceptors (Lipinski definition) is 4. The van der Waals surface area contributed by atoms with Crippen molar-refractivity contribution in [3.05, 3.63) is 77.3 Å². The van der Waals surface area contributed by atoms with Gasteiger partial charge in [0.05, 0.1) is 11.7 Å². The molecule has 1 saturated carbocycles. The van der Waals surface area contributed by atoms with E-state index in [4.69, 9.17) is 28.2 Å². The van der Waals surface area contributed by atoms with Crippen LogP contribution in [0.4, 0.5) is 0 Å². The lowest BCUT2D eigenvalue weighted by molar-refractivity contribution is 0.210. The topological polar surface area (TPSA) is 41.3 Å². The lowest BCUT2D eigenvalue weighted by Crippen LogP contribution is -2.37. The molecule has 1 aliphatic heterocycles. The zero-order valence-electron chi connectivity index (χ0n) is 16.3. The number of rotatable bonds is 5. The summed E-state index contributed by atoms with van der Waals surface area (Å²) >= 11 is 13.4. The molecule has 1 aliphatic carbocycles. The number of nitrogens with zero attached hydrogens (tertiary/aromatic N) is 2. The van der Waals surface area contributed by atoms with Crippen molar-refractivity contribution in [1.29, 1.82) is 0 Å². The minimum atomic E-state index is -0.0289. The van der Waals surface area contributed by atoms with E-state index in [-0.39, 0.29) is 12.1 Å². The van der Waals surface area contributed by atoms with Crippen LogP contribution in [0.2, 0.25) is 5.02 Å². The second-order valence-corrected chi connectivity index (χ2v) is 9.59. The molecule has 2 atom stereocenters. The van der Waals surface area contributed by atoms with Gasteiger partial charge in [0.2, 0.25) is 0 Å². The molecule has 3 heterocycles. The Morgan fingerprint density at radius 2 is 1.87 bits per heavy atom. The van der Waals surface area contributed by atoms with Crippen LogP contribution in [0.25, 0.3) is 0 Å². The van der Waals surface area contributed by atoms with Crippen molar-refractivity contribution in [2.75, 3.05) is 0 Å². The summed E-state index contributed by atoms with van der Waals surface area (Å²) in [7, 11) is 0. The van der Waals surface area contributed by atoms with Crippen molar-refractivity contribution in [3.8, 4) is 0 Å². The molecule has 1 N–H and O–H groups in total. The number of hydrogen-bond donors (Lipinski definition) is 1. The Hall–Kier alpha value is -2.02. The van der Waals surface area contributed by atoms with Gasteiger partial charge in [-0.25, -0.2) is 0 Å². The Bertz CT molecular complexity index is 1020. The van der Waals surface area contributed by atoms with Crippen LogP contribution in [-0.4, -0.2) is 21.0 Å². The van der Waals surface area contributed by atoms with E-state index < -0.39 is 0 Å². The quantitative estimate of drug-likeness (QED) is 0.449. The fraction of sp³-hybridized carbons (Fsp3) is 0.304. The Kier molecular flexibility index (Phi) is 5.72. The van der Waals surface area contributed by atoms with Gasteiger partial charge in [0.15, 0.2) is 10.2 Å². The van der Waals surface area contributed by atoms with Crippen LogP contribution in [0, 0.1) is 0 Å². The Balaban J connectivity index is 1.47. The third kappa shape index (κ3) is 3.96. The molecular formula is C23H22ClN3OS2. The molecule has 0 spiro atoms. The number of thiocarbonyl (C=S) groups is 1. The van der Waals surface area contributed by atoms with Crippen LogP contribution in [0.5, 0.6) is 0 Å². The predicted octanol–water partition coefficient (Wildman–Crippen LogP) is 6.39. The molecule has 4 nitrogen and oxygen atoms in total. The second kappa shape index (κ2) is 8.61. The normalized spacial score (nSPS) is 21.9. The van der Waals surface area contributed by atoms with Gasteiger partial charge in [0.1, 0.15) is 11.8 Å². The highest BCUT2D eigenvalue weighted by atomic mass is 35.5. The number of nitrogens with one attached hydrogen (secondary N) is 1. The van der Waals surface area contributed by atoms with Crippen molar-refractivity contribution in [2.45, 2.75) is 53.8 Å². The molecule has 2 fully saturated rings.